The second-order valence-electron chi connectivity index (χ2n) is 4.07. The molecule has 0 aliphatic carbocycles. The van der Waals surface area contributed by atoms with Crippen molar-refractivity contribution in [3.8, 4) is 5.69 Å². The van der Waals surface area contributed by atoms with E-state index in [2.05, 4.69) is 17.3 Å². The van der Waals surface area contributed by atoms with Gasteiger partial charge in [0.2, 0.25) is 0 Å². The monoisotopic (exact) mass is 283 g/mol. The maximum atomic E-state index is 6.25. The fourth-order valence-corrected chi connectivity index (χ4v) is 2.11. The van der Waals surface area contributed by atoms with Crippen molar-refractivity contribution in [1.29, 1.82) is 0 Å². The molecule has 0 fully saturated rings. The molecule has 2 rings (SSSR count). The van der Waals surface area contributed by atoms with Crippen LogP contribution >= 0.6 is 23.2 Å². The first-order chi connectivity index (χ1) is 8.70. The first kappa shape index (κ1) is 13.4. The SMILES string of the molecule is CCCNCc1ccc(-n2cc(Cl)cn2)c(Cl)c1. The average Bonchev–Trinajstić information content (AvgIpc) is 2.76. The van der Waals surface area contributed by atoms with Crippen LogP contribution in [-0.2, 0) is 6.54 Å². The van der Waals surface area contributed by atoms with Crippen molar-refractivity contribution < 1.29 is 0 Å². The third-order valence-electron chi connectivity index (χ3n) is 2.57. The second-order valence-corrected chi connectivity index (χ2v) is 4.91. The summed E-state index contributed by atoms with van der Waals surface area (Å²) in [4.78, 5) is 0. The van der Waals surface area contributed by atoms with Crippen LogP contribution < -0.4 is 5.32 Å². The molecule has 0 spiro atoms. The van der Waals surface area contributed by atoms with Crippen LogP contribution in [0.2, 0.25) is 10.0 Å². The molecule has 1 aromatic carbocycles. The van der Waals surface area contributed by atoms with Gasteiger partial charge in [-0.3, -0.25) is 0 Å². The standard InChI is InChI=1S/C13H15Cl2N3/c1-2-5-16-7-10-3-4-13(12(15)6-10)18-9-11(14)8-17-18/h3-4,6,8-9,16H,2,5,7H2,1H3. The zero-order valence-corrected chi connectivity index (χ0v) is 11.7. The van der Waals surface area contributed by atoms with E-state index < -0.39 is 0 Å². The third kappa shape index (κ3) is 3.25. The van der Waals surface area contributed by atoms with Gasteiger partial charge in [0, 0.05) is 12.7 Å². The smallest absolute Gasteiger partial charge is 0.0832 e. The molecule has 0 saturated heterocycles. The van der Waals surface area contributed by atoms with Crippen molar-refractivity contribution in [2.75, 3.05) is 6.54 Å². The number of rotatable bonds is 5. The molecule has 1 aromatic heterocycles. The molecule has 1 N–H and O–H groups in total. The molecular formula is C13H15Cl2N3. The lowest BCUT2D eigenvalue weighted by Crippen LogP contribution is -2.13. The van der Waals surface area contributed by atoms with Gasteiger partial charge in [-0.05, 0) is 30.7 Å². The van der Waals surface area contributed by atoms with Crippen molar-refractivity contribution in [3.05, 3.63) is 46.2 Å². The average molecular weight is 284 g/mol. The highest BCUT2D eigenvalue weighted by Gasteiger charge is 2.05. The van der Waals surface area contributed by atoms with E-state index in [1.165, 1.54) is 0 Å². The molecule has 0 radical (unpaired) electrons. The molecule has 5 heteroatoms. The molecule has 18 heavy (non-hydrogen) atoms. The van der Waals surface area contributed by atoms with Gasteiger partial charge in [-0.15, -0.1) is 0 Å². The molecule has 3 nitrogen and oxygen atoms in total. The van der Waals surface area contributed by atoms with Crippen molar-refractivity contribution in [2.45, 2.75) is 19.9 Å². The van der Waals surface area contributed by atoms with Gasteiger partial charge in [0.05, 0.1) is 21.9 Å². The molecule has 0 amide bonds. The van der Waals surface area contributed by atoms with Gasteiger partial charge in [0.15, 0.2) is 0 Å². The molecule has 96 valence electrons. The fourth-order valence-electron chi connectivity index (χ4n) is 1.69. The Morgan fingerprint density at radius 1 is 1.33 bits per heavy atom. The van der Waals surface area contributed by atoms with Crippen LogP contribution in [0.15, 0.2) is 30.6 Å². The number of nitrogens with zero attached hydrogens (tertiary/aromatic N) is 2. The normalized spacial score (nSPS) is 10.8. The molecular weight excluding hydrogens is 269 g/mol. The Kier molecular flexibility index (Phi) is 4.64. The van der Waals surface area contributed by atoms with Crippen molar-refractivity contribution >= 4 is 23.2 Å². The summed E-state index contributed by atoms with van der Waals surface area (Å²) in [6.45, 7) is 3.98. The van der Waals surface area contributed by atoms with Crippen LogP contribution in [0.5, 0.6) is 0 Å². The maximum absolute atomic E-state index is 6.25. The number of benzene rings is 1. The summed E-state index contributed by atoms with van der Waals surface area (Å²) in [5.41, 5.74) is 2.00. The largest absolute Gasteiger partial charge is 0.313 e. The topological polar surface area (TPSA) is 29.9 Å². The van der Waals surface area contributed by atoms with Gasteiger partial charge in [-0.2, -0.15) is 5.10 Å². The Morgan fingerprint density at radius 3 is 2.78 bits per heavy atom. The highest BCUT2D eigenvalue weighted by molar-refractivity contribution is 6.32. The number of hydrogen-bond acceptors (Lipinski definition) is 2. The Balaban J connectivity index is 2.15. The Morgan fingerprint density at radius 2 is 2.17 bits per heavy atom. The van der Waals surface area contributed by atoms with E-state index in [0.29, 0.717) is 10.0 Å². The van der Waals surface area contributed by atoms with Crippen molar-refractivity contribution in [1.82, 2.24) is 15.1 Å². The lowest BCUT2D eigenvalue weighted by molar-refractivity contribution is 0.675. The van der Waals surface area contributed by atoms with Crippen molar-refractivity contribution in [3.63, 3.8) is 0 Å². The first-order valence-electron chi connectivity index (χ1n) is 5.90. The third-order valence-corrected chi connectivity index (χ3v) is 3.06. The molecule has 2 aromatic rings. The fraction of sp³-hybridized carbons (Fsp3) is 0.308. The number of aromatic nitrogens is 2. The molecule has 0 aliphatic heterocycles. The summed E-state index contributed by atoms with van der Waals surface area (Å²) in [6, 6.07) is 5.95. The molecule has 0 saturated carbocycles. The van der Waals surface area contributed by atoms with Gasteiger partial charge in [0.1, 0.15) is 0 Å². The minimum absolute atomic E-state index is 0.597. The molecule has 1 heterocycles. The summed E-state index contributed by atoms with van der Waals surface area (Å²) in [7, 11) is 0. The maximum Gasteiger partial charge on any atom is 0.0832 e. The van der Waals surface area contributed by atoms with E-state index in [0.717, 1.165) is 30.8 Å². The van der Waals surface area contributed by atoms with E-state index in [1.807, 2.05) is 18.2 Å². The van der Waals surface area contributed by atoms with Crippen molar-refractivity contribution in [2.24, 2.45) is 0 Å². The number of halogens is 2. The molecule has 0 unspecified atom stereocenters. The van der Waals surface area contributed by atoms with Gasteiger partial charge < -0.3 is 5.32 Å². The van der Waals surface area contributed by atoms with E-state index in [9.17, 15) is 0 Å². The summed E-state index contributed by atoms with van der Waals surface area (Å²) < 4.78 is 1.67. The quantitative estimate of drug-likeness (QED) is 0.849. The lowest BCUT2D eigenvalue weighted by Gasteiger charge is -2.08. The predicted octanol–water partition coefficient (Wildman–Crippen LogP) is 3.68. The van der Waals surface area contributed by atoms with E-state index in [4.69, 9.17) is 23.2 Å². The van der Waals surface area contributed by atoms with Crippen LogP contribution in [0.1, 0.15) is 18.9 Å². The highest BCUT2D eigenvalue weighted by Crippen LogP contribution is 2.22. The molecule has 0 bridgehead atoms. The van der Waals surface area contributed by atoms with Crippen LogP contribution in [0.4, 0.5) is 0 Å². The molecule has 0 atom stereocenters. The van der Waals surface area contributed by atoms with Gasteiger partial charge in [-0.25, -0.2) is 4.68 Å². The predicted molar refractivity (Wildman–Crippen MR) is 75.6 cm³/mol. The van der Waals surface area contributed by atoms with E-state index >= 15 is 0 Å². The Hall–Kier alpha value is -1.03. The Bertz CT molecular complexity index is 523. The van der Waals surface area contributed by atoms with Gasteiger partial charge in [0.25, 0.3) is 0 Å². The van der Waals surface area contributed by atoms with Crippen LogP contribution in [0.3, 0.4) is 0 Å². The number of hydrogen-bond donors (Lipinski definition) is 1. The zero-order chi connectivity index (χ0) is 13.0. The zero-order valence-electron chi connectivity index (χ0n) is 10.2. The lowest BCUT2D eigenvalue weighted by atomic mass is 10.2. The second kappa shape index (κ2) is 6.23. The summed E-state index contributed by atoms with van der Waals surface area (Å²) in [5.74, 6) is 0. The minimum Gasteiger partial charge on any atom is -0.313 e. The van der Waals surface area contributed by atoms with Gasteiger partial charge in [-0.1, -0.05) is 36.2 Å². The van der Waals surface area contributed by atoms with Crippen LogP contribution in [-0.4, -0.2) is 16.3 Å². The van der Waals surface area contributed by atoms with Gasteiger partial charge >= 0.3 is 0 Å². The summed E-state index contributed by atoms with van der Waals surface area (Å²) >= 11 is 12.1. The summed E-state index contributed by atoms with van der Waals surface area (Å²) in [6.07, 6.45) is 4.45. The van der Waals surface area contributed by atoms with Crippen LogP contribution in [0.25, 0.3) is 5.69 Å². The first-order valence-corrected chi connectivity index (χ1v) is 6.66. The summed E-state index contributed by atoms with van der Waals surface area (Å²) in [5, 5.41) is 8.75. The van der Waals surface area contributed by atoms with Crippen LogP contribution in [0, 0.1) is 0 Å². The Labute approximate surface area is 117 Å². The van der Waals surface area contributed by atoms with E-state index in [-0.39, 0.29) is 0 Å². The highest BCUT2D eigenvalue weighted by atomic mass is 35.5. The number of nitrogens with one attached hydrogen (secondary N) is 1. The molecule has 0 aliphatic rings. The van der Waals surface area contributed by atoms with E-state index in [1.54, 1.807) is 17.1 Å². The minimum atomic E-state index is 0.597.